The highest BCUT2D eigenvalue weighted by Gasteiger charge is 2.58. The Morgan fingerprint density at radius 1 is 1.13 bits per heavy atom. The van der Waals surface area contributed by atoms with E-state index in [1.165, 1.54) is 4.90 Å². The molecule has 30 heavy (non-hydrogen) atoms. The Bertz CT molecular complexity index is 807. The van der Waals surface area contributed by atoms with E-state index in [0.717, 1.165) is 25.2 Å². The fourth-order valence-corrected chi connectivity index (χ4v) is 4.82. The largest absolute Gasteiger partial charge is 0.357 e. The second-order valence-electron chi connectivity index (χ2n) is 7.81. The van der Waals surface area contributed by atoms with Crippen molar-refractivity contribution in [3.8, 4) is 0 Å². The molecule has 0 aromatic carbocycles. The Hall–Kier alpha value is -1.98. The molecule has 2 bridgehead atoms. The van der Waals surface area contributed by atoms with Gasteiger partial charge < -0.3 is 15.2 Å². The van der Waals surface area contributed by atoms with Crippen LogP contribution in [0.4, 0.5) is 0 Å². The van der Waals surface area contributed by atoms with Gasteiger partial charge in [-0.05, 0) is 25.2 Å². The van der Waals surface area contributed by atoms with Crippen molar-refractivity contribution in [3.05, 3.63) is 24.3 Å². The van der Waals surface area contributed by atoms with Crippen molar-refractivity contribution in [2.75, 3.05) is 26.2 Å². The number of rotatable bonds is 8. The number of aryl methyl sites for hydroxylation is 1. The first-order chi connectivity index (χ1) is 14.1. The molecule has 1 aromatic heterocycles. The molecular formula is C20H30IN7O2. The second-order valence-corrected chi connectivity index (χ2v) is 7.81. The summed E-state index contributed by atoms with van der Waals surface area (Å²) in [6, 6.07) is 0. The summed E-state index contributed by atoms with van der Waals surface area (Å²) in [6.07, 6.45) is 7.75. The number of guanidine groups is 1. The van der Waals surface area contributed by atoms with E-state index in [-0.39, 0.29) is 59.5 Å². The summed E-state index contributed by atoms with van der Waals surface area (Å²) < 4.78 is 2.00. The van der Waals surface area contributed by atoms with E-state index in [0.29, 0.717) is 32.1 Å². The monoisotopic (exact) mass is 527 g/mol. The Kier molecular flexibility index (Phi) is 7.48. The normalized spacial score (nSPS) is 26.9. The van der Waals surface area contributed by atoms with Crippen molar-refractivity contribution in [2.45, 2.75) is 33.2 Å². The number of carbonyl (C=O) groups excluding carboxylic acids is 2. The first-order valence-corrected chi connectivity index (χ1v) is 10.6. The molecule has 164 valence electrons. The number of hydrogen-bond acceptors (Lipinski definition) is 5. The van der Waals surface area contributed by atoms with Crippen molar-refractivity contribution in [3.63, 3.8) is 0 Å². The van der Waals surface area contributed by atoms with Gasteiger partial charge in [0.1, 0.15) is 12.2 Å². The van der Waals surface area contributed by atoms with Crippen molar-refractivity contribution in [1.82, 2.24) is 30.3 Å². The van der Waals surface area contributed by atoms with E-state index >= 15 is 0 Å². The Morgan fingerprint density at radius 3 is 2.47 bits per heavy atom. The van der Waals surface area contributed by atoms with Gasteiger partial charge in [-0.3, -0.25) is 19.5 Å². The number of amides is 2. The minimum atomic E-state index is -0.129. The summed E-state index contributed by atoms with van der Waals surface area (Å²) in [4.78, 5) is 31.5. The van der Waals surface area contributed by atoms with E-state index in [1.54, 1.807) is 6.33 Å². The van der Waals surface area contributed by atoms with E-state index in [1.807, 2.05) is 18.4 Å². The van der Waals surface area contributed by atoms with Crippen molar-refractivity contribution < 1.29 is 9.59 Å². The fraction of sp³-hybridized carbons (Fsp3) is 0.650. The number of halogens is 1. The van der Waals surface area contributed by atoms with Gasteiger partial charge in [0.15, 0.2) is 5.96 Å². The highest BCUT2D eigenvalue weighted by molar-refractivity contribution is 14.0. The van der Waals surface area contributed by atoms with Crippen LogP contribution in [-0.2, 0) is 22.6 Å². The maximum absolute atomic E-state index is 12.7. The lowest BCUT2D eigenvalue weighted by Crippen LogP contribution is -2.43. The third-order valence-electron chi connectivity index (χ3n) is 6.16. The lowest BCUT2D eigenvalue weighted by atomic mass is 9.85. The molecule has 2 fully saturated rings. The maximum atomic E-state index is 12.7. The smallest absolute Gasteiger partial charge is 0.233 e. The average molecular weight is 527 g/mol. The van der Waals surface area contributed by atoms with Gasteiger partial charge in [0, 0.05) is 32.6 Å². The van der Waals surface area contributed by atoms with Crippen LogP contribution in [0.3, 0.4) is 0 Å². The van der Waals surface area contributed by atoms with Gasteiger partial charge in [-0.1, -0.05) is 19.1 Å². The van der Waals surface area contributed by atoms with Crippen LogP contribution in [-0.4, -0.2) is 63.6 Å². The number of aromatic nitrogens is 3. The summed E-state index contributed by atoms with van der Waals surface area (Å²) in [5.41, 5.74) is 0. The SMILES string of the molecule is CCNC(=NCCn1cnnc1CC)NCCN1C(=O)C2C3C=CC(C3)C2C1=O.I. The van der Waals surface area contributed by atoms with Crippen LogP contribution in [0.5, 0.6) is 0 Å². The molecule has 1 saturated carbocycles. The Labute approximate surface area is 193 Å². The lowest BCUT2D eigenvalue weighted by Gasteiger charge is -2.18. The number of nitrogens with zero attached hydrogens (tertiary/aromatic N) is 5. The van der Waals surface area contributed by atoms with Crippen molar-refractivity contribution >= 4 is 41.8 Å². The third-order valence-corrected chi connectivity index (χ3v) is 6.16. The lowest BCUT2D eigenvalue weighted by molar-refractivity contribution is -0.140. The van der Waals surface area contributed by atoms with Gasteiger partial charge >= 0.3 is 0 Å². The number of hydrogen-bond donors (Lipinski definition) is 2. The predicted octanol–water partition coefficient (Wildman–Crippen LogP) is 0.821. The third kappa shape index (κ3) is 4.23. The number of fused-ring (bicyclic) bond motifs is 5. The standard InChI is InChI=1S/C20H29N7O2.HI/c1-3-15-25-24-12-26(15)9-7-22-20(21-4-2)23-8-10-27-18(28)16-13-5-6-14(11-13)17(16)19(27)29;/h5-6,12-14,16-17H,3-4,7-11H2,1-2H3,(H2,21,22,23);1H. The molecule has 4 atom stereocenters. The molecule has 2 amide bonds. The van der Waals surface area contributed by atoms with E-state index in [9.17, 15) is 9.59 Å². The molecular weight excluding hydrogens is 497 g/mol. The predicted molar refractivity (Wildman–Crippen MR) is 123 cm³/mol. The maximum Gasteiger partial charge on any atom is 0.233 e. The summed E-state index contributed by atoms with van der Waals surface area (Å²) in [5.74, 6) is 1.87. The van der Waals surface area contributed by atoms with Gasteiger partial charge in [-0.2, -0.15) is 0 Å². The number of carbonyl (C=O) groups is 2. The van der Waals surface area contributed by atoms with Gasteiger partial charge in [-0.15, -0.1) is 34.2 Å². The molecule has 0 radical (unpaired) electrons. The number of aliphatic imine (C=N–C) groups is 1. The first kappa shape index (κ1) is 22.7. The highest BCUT2D eigenvalue weighted by atomic mass is 127. The van der Waals surface area contributed by atoms with Crippen LogP contribution < -0.4 is 10.6 Å². The molecule has 4 rings (SSSR count). The van der Waals surface area contributed by atoms with Gasteiger partial charge in [0.25, 0.3) is 0 Å². The fourth-order valence-electron chi connectivity index (χ4n) is 4.82. The Morgan fingerprint density at radius 2 is 1.83 bits per heavy atom. The molecule has 10 heteroatoms. The number of nitrogens with one attached hydrogen (secondary N) is 2. The van der Waals surface area contributed by atoms with Gasteiger partial charge in [0.05, 0.1) is 18.4 Å². The molecule has 2 N–H and O–H groups in total. The van der Waals surface area contributed by atoms with Crippen LogP contribution in [0.15, 0.2) is 23.5 Å². The molecule has 0 spiro atoms. The molecule has 2 heterocycles. The minimum Gasteiger partial charge on any atom is -0.357 e. The molecule has 1 aromatic rings. The summed E-state index contributed by atoms with van der Waals surface area (Å²) in [7, 11) is 0. The topological polar surface area (TPSA) is 105 Å². The van der Waals surface area contributed by atoms with E-state index < -0.39 is 0 Å². The summed E-state index contributed by atoms with van der Waals surface area (Å²) in [5, 5.41) is 14.4. The number of allylic oxidation sites excluding steroid dienone is 2. The average Bonchev–Trinajstić information content (AvgIpc) is 3.48. The van der Waals surface area contributed by atoms with Gasteiger partial charge in [0.2, 0.25) is 11.8 Å². The summed E-state index contributed by atoms with van der Waals surface area (Å²) in [6.45, 7) is 6.93. The second kappa shape index (κ2) is 9.88. The van der Waals surface area contributed by atoms with Crippen LogP contribution in [0.25, 0.3) is 0 Å². The van der Waals surface area contributed by atoms with Crippen LogP contribution >= 0.6 is 24.0 Å². The Balaban J connectivity index is 0.00000256. The van der Waals surface area contributed by atoms with Crippen molar-refractivity contribution in [1.29, 1.82) is 0 Å². The molecule has 9 nitrogen and oxygen atoms in total. The van der Waals surface area contributed by atoms with E-state index in [4.69, 9.17) is 0 Å². The zero-order valence-electron chi connectivity index (χ0n) is 17.5. The van der Waals surface area contributed by atoms with Gasteiger partial charge in [-0.25, -0.2) is 0 Å². The minimum absolute atomic E-state index is 0. The van der Waals surface area contributed by atoms with Crippen molar-refractivity contribution in [2.24, 2.45) is 28.7 Å². The summed E-state index contributed by atoms with van der Waals surface area (Å²) >= 11 is 0. The highest BCUT2D eigenvalue weighted by Crippen LogP contribution is 2.52. The molecule has 1 saturated heterocycles. The number of likely N-dealkylation sites (tertiary alicyclic amines) is 1. The molecule has 3 aliphatic rings. The molecule has 2 aliphatic carbocycles. The molecule has 4 unspecified atom stereocenters. The zero-order valence-corrected chi connectivity index (χ0v) is 19.8. The van der Waals surface area contributed by atoms with Crippen LogP contribution in [0, 0.1) is 23.7 Å². The van der Waals surface area contributed by atoms with E-state index in [2.05, 4.69) is 38.0 Å². The quantitative estimate of drug-likeness (QED) is 0.171. The molecule has 1 aliphatic heterocycles. The van der Waals surface area contributed by atoms with Crippen LogP contribution in [0.2, 0.25) is 0 Å². The zero-order chi connectivity index (χ0) is 20.4. The van der Waals surface area contributed by atoms with Crippen LogP contribution in [0.1, 0.15) is 26.1 Å². The number of imide groups is 1. The first-order valence-electron chi connectivity index (χ1n) is 10.6.